The Morgan fingerprint density at radius 2 is 1.53 bits per heavy atom. The van der Waals surface area contributed by atoms with Crippen LogP contribution in [-0.4, -0.2) is 34.9 Å². The highest BCUT2D eigenvalue weighted by Crippen LogP contribution is 2.30. The minimum atomic E-state index is -1.91. The van der Waals surface area contributed by atoms with Gasteiger partial charge in [-0.15, -0.1) is 0 Å². The van der Waals surface area contributed by atoms with Crippen molar-refractivity contribution < 1.29 is 19.4 Å². The molecule has 0 saturated heterocycles. The molecule has 0 aliphatic heterocycles. The van der Waals surface area contributed by atoms with Crippen LogP contribution in [0, 0.1) is 13.8 Å². The Hall–Kier alpha value is -4.49. The van der Waals surface area contributed by atoms with Crippen LogP contribution in [0.5, 0.6) is 0 Å². The minimum Gasteiger partial charge on any atom is -0.465 e. The number of nitrogens with zero attached hydrogens (tertiary/aromatic N) is 2. The van der Waals surface area contributed by atoms with E-state index in [1.807, 2.05) is 42.7 Å². The number of hydrogen-bond acceptors (Lipinski definition) is 5. The SMILES string of the molecule is COC(=O)c1cccc(-n2c(C)cc(/C=N\NC(=O)C(O)(c3ccccc3)c3ccccc3)c2C)c1. The summed E-state index contributed by atoms with van der Waals surface area (Å²) in [5.41, 5.74) is 5.29. The maximum Gasteiger partial charge on any atom is 0.337 e. The van der Waals surface area contributed by atoms with E-state index in [0.29, 0.717) is 16.7 Å². The van der Waals surface area contributed by atoms with Crippen LogP contribution in [0.25, 0.3) is 5.69 Å². The first kappa shape index (κ1) is 24.6. The number of carbonyl (C=O) groups is 2. The monoisotopic (exact) mass is 481 g/mol. The van der Waals surface area contributed by atoms with Crippen LogP contribution in [0.1, 0.15) is 38.4 Å². The third-order valence-corrected chi connectivity index (χ3v) is 6.08. The van der Waals surface area contributed by atoms with Crippen molar-refractivity contribution in [3.05, 3.63) is 125 Å². The van der Waals surface area contributed by atoms with E-state index in [9.17, 15) is 14.7 Å². The molecule has 0 fully saturated rings. The predicted octanol–water partition coefficient (Wildman–Crippen LogP) is 4.27. The lowest BCUT2D eigenvalue weighted by Crippen LogP contribution is -2.43. The molecule has 1 aromatic heterocycles. The smallest absolute Gasteiger partial charge is 0.337 e. The maximum atomic E-state index is 13.2. The van der Waals surface area contributed by atoms with Crippen molar-refractivity contribution in [2.75, 3.05) is 7.11 Å². The number of amides is 1. The number of benzene rings is 3. The molecule has 0 radical (unpaired) electrons. The first-order valence-corrected chi connectivity index (χ1v) is 11.4. The third kappa shape index (κ3) is 4.69. The number of hydrogen-bond donors (Lipinski definition) is 2. The van der Waals surface area contributed by atoms with Gasteiger partial charge in [-0.3, -0.25) is 4.79 Å². The van der Waals surface area contributed by atoms with Gasteiger partial charge in [0, 0.05) is 22.6 Å². The number of ether oxygens (including phenoxy) is 1. The van der Waals surface area contributed by atoms with Crippen LogP contribution in [0.15, 0.2) is 96.1 Å². The summed E-state index contributed by atoms with van der Waals surface area (Å²) in [6.07, 6.45) is 1.54. The fourth-order valence-electron chi connectivity index (χ4n) is 4.23. The molecule has 0 atom stereocenters. The van der Waals surface area contributed by atoms with Gasteiger partial charge in [0.15, 0.2) is 5.60 Å². The number of esters is 1. The summed E-state index contributed by atoms with van der Waals surface area (Å²) in [4.78, 5) is 25.2. The fraction of sp³-hybridized carbons (Fsp3) is 0.138. The molecule has 36 heavy (non-hydrogen) atoms. The Morgan fingerprint density at radius 1 is 0.917 bits per heavy atom. The second-order valence-electron chi connectivity index (χ2n) is 8.35. The molecule has 0 spiro atoms. The summed E-state index contributed by atoms with van der Waals surface area (Å²) in [7, 11) is 1.35. The molecule has 0 bridgehead atoms. The molecule has 4 aromatic rings. The molecule has 182 valence electrons. The first-order valence-electron chi connectivity index (χ1n) is 11.4. The topological polar surface area (TPSA) is 92.9 Å². The maximum absolute atomic E-state index is 13.2. The van der Waals surface area contributed by atoms with E-state index in [1.54, 1.807) is 66.7 Å². The van der Waals surface area contributed by atoms with E-state index in [2.05, 4.69) is 10.5 Å². The van der Waals surface area contributed by atoms with Crippen molar-refractivity contribution in [1.29, 1.82) is 0 Å². The van der Waals surface area contributed by atoms with Gasteiger partial charge in [0.2, 0.25) is 0 Å². The Labute approximate surface area is 209 Å². The largest absolute Gasteiger partial charge is 0.465 e. The van der Waals surface area contributed by atoms with Crippen molar-refractivity contribution in [3.8, 4) is 5.69 Å². The van der Waals surface area contributed by atoms with E-state index in [-0.39, 0.29) is 0 Å². The Kier molecular flexibility index (Phi) is 7.12. The highest BCUT2D eigenvalue weighted by atomic mass is 16.5. The number of aromatic nitrogens is 1. The zero-order valence-corrected chi connectivity index (χ0v) is 20.3. The Bertz CT molecular complexity index is 1370. The van der Waals surface area contributed by atoms with Gasteiger partial charge in [0.25, 0.3) is 5.91 Å². The molecule has 1 amide bonds. The number of carbonyl (C=O) groups excluding carboxylic acids is 2. The number of hydrazone groups is 1. The van der Waals surface area contributed by atoms with E-state index < -0.39 is 17.5 Å². The van der Waals surface area contributed by atoms with Crippen LogP contribution in [-0.2, 0) is 15.1 Å². The number of methoxy groups -OCH3 is 1. The molecular formula is C29H27N3O4. The standard InChI is InChI=1S/C29H27N3O4/c1-20-17-23(21(2)32(20)26-16-10-11-22(18-26)27(33)36-3)19-30-31-28(34)29(35,24-12-6-4-7-13-24)25-14-8-5-9-15-25/h4-19,35H,1-3H3,(H,31,34)/b30-19-. The van der Waals surface area contributed by atoms with Gasteiger partial charge >= 0.3 is 5.97 Å². The molecule has 1 heterocycles. The zero-order valence-electron chi connectivity index (χ0n) is 20.3. The minimum absolute atomic E-state index is 0.409. The van der Waals surface area contributed by atoms with Crippen LogP contribution in [0.4, 0.5) is 0 Å². The molecule has 7 heteroatoms. The van der Waals surface area contributed by atoms with Crippen LogP contribution < -0.4 is 5.43 Å². The Morgan fingerprint density at radius 3 is 2.11 bits per heavy atom. The van der Waals surface area contributed by atoms with Gasteiger partial charge in [0.1, 0.15) is 0 Å². The average Bonchev–Trinajstić information content (AvgIpc) is 3.21. The second-order valence-corrected chi connectivity index (χ2v) is 8.35. The number of aliphatic hydroxyl groups is 1. The summed E-state index contributed by atoms with van der Waals surface area (Å²) in [5, 5.41) is 15.7. The van der Waals surface area contributed by atoms with Crippen molar-refractivity contribution in [3.63, 3.8) is 0 Å². The van der Waals surface area contributed by atoms with Gasteiger partial charge in [-0.05, 0) is 49.2 Å². The predicted molar refractivity (Wildman–Crippen MR) is 138 cm³/mol. The summed E-state index contributed by atoms with van der Waals surface area (Å²) in [6.45, 7) is 3.86. The van der Waals surface area contributed by atoms with Gasteiger partial charge in [0.05, 0.1) is 18.9 Å². The lowest BCUT2D eigenvalue weighted by Gasteiger charge is -2.27. The van der Waals surface area contributed by atoms with E-state index >= 15 is 0 Å². The van der Waals surface area contributed by atoms with Gasteiger partial charge in [-0.1, -0.05) is 66.7 Å². The normalized spacial score (nSPS) is 11.4. The number of rotatable bonds is 7. The molecule has 4 rings (SSSR count). The summed E-state index contributed by atoms with van der Waals surface area (Å²) in [6, 6.07) is 26.6. The van der Waals surface area contributed by atoms with E-state index in [1.165, 1.54) is 13.3 Å². The van der Waals surface area contributed by atoms with Crippen LogP contribution in [0.2, 0.25) is 0 Å². The van der Waals surface area contributed by atoms with Crippen molar-refractivity contribution in [2.24, 2.45) is 5.10 Å². The lowest BCUT2D eigenvalue weighted by atomic mass is 9.85. The molecule has 0 unspecified atom stereocenters. The molecular weight excluding hydrogens is 454 g/mol. The zero-order chi connectivity index (χ0) is 25.7. The first-order chi connectivity index (χ1) is 17.4. The van der Waals surface area contributed by atoms with Gasteiger partial charge in [-0.25, -0.2) is 10.2 Å². The molecule has 0 aliphatic rings. The van der Waals surface area contributed by atoms with Gasteiger partial charge < -0.3 is 14.4 Å². The molecule has 0 saturated carbocycles. The number of aryl methyl sites for hydroxylation is 1. The van der Waals surface area contributed by atoms with Crippen molar-refractivity contribution in [2.45, 2.75) is 19.4 Å². The second kappa shape index (κ2) is 10.4. The lowest BCUT2D eigenvalue weighted by molar-refractivity contribution is -0.136. The summed E-state index contributed by atoms with van der Waals surface area (Å²) < 4.78 is 6.82. The highest BCUT2D eigenvalue weighted by molar-refractivity contribution is 5.92. The van der Waals surface area contributed by atoms with Crippen molar-refractivity contribution in [1.82, 2.24) is 9.99 Å². The quantitative estimate of drug-likeness (QED) is 0.234. The number of nitrogens with one attached hydrogen (secondary N) is 1. The van der Waals surface area contributed by atoms with Crippen LogP contribution in [0.3, 0.4) is 0 Å². The fourth-order valence-corrected chi connectivity index (χ4v) is 4.23. The molecule has 2 N–H and O–H groups in total. The third-order valence-electron chi connectivity index (χ3n) is 6.08. The Balaban J connectivity index is 1.61. The summed E-state index contributed by atoms with van der Waals surface area (Å²) >= 11 is 0. The molecule has 3 aromatic carbocycles. The van der Waals surface area contributed by atoms with E-state index in [0.717, 1.165) is 22.6 Å². The molecule has 0 aliphatic carbocycles. The van der Waals surface area contributed by atoms with Crippen molar-refractivity contribution >= 4 is 18.1 Å². The molecule has 7 nitrogen and oxygen atoms in total. The van der Waals surface area contributed by atoms with Gasteiger partial charge in [-0.2, -0.15) is 5.10 Å². The summed E-state index contributed by atoms with van der Waals surface area (Å²) in [5.74, 6) is -1.08. The highest BCUT2D eigenvalue weighted by Gasteiger charge is 2.39. The van der Waals surface area contributed by atoms with Crippen LogP contribution >= 0.6 is 0 Å². The average molecular weight is 482 g/mol. The van der Waals surface area contributed by atoms with E-state index in [4.69, 9.17) is 4.74 Å².